The fourth-order valence-electron chi connectivity index (χ4n) is 2.90. The first-order valence-corrected chi connectivity index (χ1v) is 8.83. The minimum Gasteiger partial charge on any atom is -0.422 e. The molecule has 3 aromatic rings. The van der Waals surface area contributed by atoms with Crippen LogP contribution in [0.25, 0.3) is 11.0 Å². The van der Waals surface area contributed by atoms with Gasteiger partial charge in [0.1, 0.15) is 5.58 Å². The molecule has 0 aliphatic heterocycles. The quantitative estimate of drug-likeness (QED) is 0.606. The van der Waals surface area contributed by atoms with E-state index in [0.717, 1.165) is 27.6 Å². The molecule has 0 aliphatic rings. The van der Waals surface area contributed by atoms with Crippen molar-refractivity contribution in [2.45, 2.75) is 33.4 Å². The third-order valence-corrected chi connectivity index (χ3v) is 5.11. The van der Waals surface area contributed by atoms with Crippen LogP contribution in [0.5, 0.6) is 0 Å². The maximum Gasteiger partial charge on any atom is 0.336 e. The second-order valence-corrected chi connectivity index (χ2v) is 7.09. The molecule has 0 unspecified atom stereocenters. The molecule has 1 aromatic heterocycles. The van der Waals surface area contributed by atoms with Gasteiger partial charge in [-0.3, -0.25) is 0 Å². The second kappa shape index (κ2) is 7.20. The van der Waals surface area contributed by atoms with E-state index in [1.807, 2.05) is 45.0 Å². The molecule has 3 nitrogen and oxygen atoms in total. The lowest BCUT2D eigenvalue weighted by atomic mass is 10.0. The number of benzene rings is 2. The largest absolute Gasteiger partial charge is 0.422 e. The second-order valence-electron chi connectivity index (χ2n) is 6.24. The Hall–Kier alpha value is -1.81. The molecule has 25 heavy (non-hydrogen) atoms. The molecule has 0 radical (unpaired) electrons. The van der Waals surface area contributed by atoms with Crippen LogP contribution in [0.1, 0.15) is 35.2 Å². The minimum absolute atomic E-state index is 0.0126. The molecule has 0 saturated carbocycles. The van der Waals surface area contributed by atoms with Crippen molar-refractivity contribution in [2.24, 2.45) is 0 Å². The van der Waals surface area contributed by atoms with Gasteiger partial charge < -0.3 is 9.73 Å². The predicted octanol–water partition coefficient (Wildman–Crippen LogP) is 5.57. The lowest BCUT2D eigenvalue weighted by molar-refractivity contribution is 0.545. The van der Waals surface area contributed by atoms with Gasteiger partial charge in [0.05, 0.1) is 0 Å². The lowest BCUT2D eigenvalue weighted by Gasteiger charge is -2.17. The highest BCUT2D eigenvalue weighted by atomic mass is 35.5. The number of fused-ring (bicyclic) bond motifs is 1. The zero-order chi connectivity index (χ0) is 18.1. The molecule has 1 heterocycles. The van der Waals surface area contributed by atoms with E-state index >= 15 is 0 Å². The third kappa shape index (κ3) is 3.74. The fourth-order valence-corrected chi connectivity index (χ4v) is 3.47. The Balaban J connectivity index is 1.90. The first-order chi connectivity index (χ1) is 11.9. The monoisotopic (exact) mass is 375 g/mol. The van der Waals surface area contributed by atoms with Gasteiger partial charge in [0.2, 0.25) is 0 Å². The van der Waals surface area contributed by atoms with Crippen molar-refractivity contribution >= 4 is 34.2 Å². The molecule has 5 heteroatoms. The van der Waals surface area contributed by atoms with Crippen LogP contribution in [0.4, 0.5) is 0 Å². The molecule has 0 amide bonds. The van der Waals surface area contributed by atoms with Gasteiger partial charge in [-0.25, -0.2) is 4.79 Å². The van der Waals surface area contributed by atoms with Crippen molar-refractivity contribution in [2.75, 3.05) is 0 Å². The molecule has 0 fully saturated rings. The van der Waals surface area contributed by atoms with Crippen molar-refractivity contribution in [3.63, 3.8) is 0 Å². The normalized spacial score (nSPS) is 12.5. The summed E-state index contributed by atoms with van der Waals surface area (Å²) in [5.41, 5.74) is 4.28. The number of aryl methyl sites for hydroxylation is 2. The molecule has 0 saturated heterocycles. The highest BCUT2D eigenvalue weighted by Gasteiger charge is 2.13. The fraction of sp³-hybridized carbons (Fsp3) is 0.250. The highest BCUT2D eigenvalue weighted by Crippen LogP contribution is 2.27. The van der Waals surface area contributed by atoms with Crippen LogP contribution in [0, 0.1) is 13.8 Å². The van der Waals surface area contributed by atoms with E-state index in [4.69, 9.17) is 27.6 Å². The van der Waals surface area contributed by atoms with E-state index < -0.39 is 0 Å². The number of rotatable bonds is 4. The van der Waals surface area contributed by atoms with Gasteiger partial charge in [0.25, 0.3) is 0 Å². The van der Waals surface area contributed by atoms with Crippen molar-refractivity contribution in [3.8, 4) is 0 Å². The van der Waals surface area contributed by atoms with E-state index in [0.29, 0.717) is 22.2 Å². The number of nitrogens with one attached hydrogen (secondary N) is 1. The summed E-state index contributed by atoms with van der Waals surface area (Å²) in [5, 5.41) is 5.60. The standard InChI is InChI=1S/C20H19Cl2NO2/c1-11-4-6-17-14(8-19(24)25-20(17)12(11)2)10-23-13(3)16-7-5-15(21)9-18(16)22/h4-9,13,23H,10H2,1-3H3/t13-/m0/s1. The van der Waals surface area contributed by atoms with Crippen molar-refractivity contribution < 1.29 is 4.42 Å². The van der Waals surface area contributed by atoms with E-state index in [1.54, 1.807) is 12.1 Å². The predicted molar refractivity (Wildman–Crippen MR) is 104 cm³/mol. The number of hydrogen-bond donors (Lipinski definition) is 1. The van der Waals surface area contributed by atoms with E-state index in [-0.39, 0.29) is 11.7 Å². The lowest BCUT2D eigenvalue weighted by Crippen LogP contribution is -2.19. The summed E-state index contributed by atoms with van der Waals surface area (Å²) in [7, 11) is 0. The summed E-state index contributed by atoms with van der Waals surface area (Å²) in [6.45, 7) is 6.53. The average Bonchev–Trinajstić information content (AvgIpc) is 2.56. The van der Waals surface area contributed by atoms with Crippen LogP contribution >= 0.6 is 23.2 Å². The Labute approximate surface area is 156 Å². The third-order valence-electron chi connectivity index (χ3n) is 4.55. The van der Waals surface area contributed by atoms with Crippen molar-refractivity contribution in [3.05, 3.63) is 79.1 Å². The molecular weight excluding hydrogens is 357 g/mol. The summed E-state index contributed by atoms with van der Waals surface area (Å²) in [4.78, 5) is 11.9. The summed E-state index contributed by atoms with van der Waals surface area (Å²) >= 11 is 12.2. The number of halogens is 2. The Morgan fingerprint density at radius 1 is 1.12 bits per heavy atom. The molecular formula is C20H19Cl2NO2. The maximum atomic E-state index is 11.9. The Bertz CT molecular complexity index is 995. The smallest absolute Gasteiger partial charge is 0.336 e. The van der Waals surface area contributed by atoms with Crippen LogP contribution in [0.3, 0.4) is 0 Å². The molecule has 3 rings (SSSR count). The highest BCUT2D eigenvalue weighted by molar-refractivity contribution is 6.35. The first kappa shape index (κ1) is 18.0. The van der Waals surface area contributed by atoms with Gasteiger partial charge in [-0.1, -0.05) is 41.4 Å². The Morgan fingerprint density at radius 2 is 1.88 bits per heavy atom. The van der Waals surface area contributed by atoms with Gasteiger partial charge in [-0.2, -0.15) is 0 Å². The van der Waals surface area contributed by atoms with Crippen LogP contribution in [-0.2, 0) is 6.54 Å². The SMILES string of the molecule is Cc1ccc2c(CN[C@@H](C)c3ccc(Cl)cc3Cl)cc(=O)oc2c1C. The van der Waals surface area contributed by atoms with Crippen LogP contribution in [-0.4, -0.2) is 0 Å². The van der Waals surface area contributed by atoms with Gasteiger partial charge in [0.15, 0.2) is 0 Å². The van der Waals surface area contributed by atoms with Gasteiger partial charge in [-0.15, -0.1) is 0 Å². The summed E-state index contributed by atoms with van der Waals surface area (Å²) in [6, 6.07) is 11.1. The molecule has 2 aromatic carbocycles. The van der Waals surface area contributed by atoms with Gasteiger partial charge in [0, 0.05) is 34.1 Å². The van der Waals surface area contributed by atoms with Crippen LogP contribution in [0.15, 0.2) is 45.6 Å². The maximum absolute atomic E-state index is 11.9. The molecule has 130 valence electrons. The van der Waals surface area contributed by atoms with Gasteiger partial charge >= 0.3 is 5.63 Å². The van der Waals surface area contributed by atoms with E-state index in [9.17, 15) is 4.79 Å². The minimum atomic E-state index is -0.338. The molecule has 0 bridgehead atoms. The van der Waals surface area contributed by atoms with Crippen LogP contribution in [0.2, 0.25) is 10.0 Å². The summed E-state index contributed by atoms with van der Waals surface area (Å²) < 4.78 is 5.42. The van der Waals surface area contributed by atoms with E-state index in [2.05, 4.69) is 5.32 Å². The number of hydrogen-bond acceptors (Lipinski definition) is 3. The average molecular weight is 376 g/mol. The van der Waals surface area contributed by atoms with Crippen LogP contribution < -0.4 is 10.9 Å². The molecule has 0 spiro atoms. The van der Waals surface area contributed by atoms with E-state index in [1.165, 1.54) is 0 Å². The Morgan fingerprint density at radius 3 is 2.60 bits per heavy atom. The Kier molecular flexibility index (Phi) is 5.19. The summed E-state index contributed by atoms with van der Waals surface area (Å²) in [6.07, 6.45) is 0. The first-order valence-electron chi connectivity index (χ1n) is 8.08. The summed E-state index contributed by atoms with van der Waals surface area (Å²) in [5.74, 6) is 0. The molecule has 1 atom stereocenters. The van der Waals surface area contributed by atoms with Crippen molar-refractivity contribution in [1.82, 2.24) is 5.32 Å². The molecule has 1 N–H and O–H groups in total. The molecule has 0 aliphatic carbocycles. The topological polar surface area (TPSA) is 42.2 Å². The zero-order valence-electron chi connectivity index (χ0n) is 14.3. The van der Waals surface area contributed by atoms with Crippen molar-refractivity contribution in [1.29, 1.82) is 0 Å². The zero-order valence-corrected chi connectivity index (χ0v) is 15.8. The van der Waals surface area contributed by atoms with Gasteiger partial charge in [-0.05, 0) is 55.2 Å².